The summed E-state index contributed by atoms with van der Waals surface area (Å²) in [7, 11) is 0. The molecule has 2 saturated carbocycles. The Morgan fingerprint density at radius 2 is 1.55 bits per heavy atom. The second-order valence-electron chi connectivity index (χ2n) is 8.45. The fourth-order valence-electron chi connectivity index (χ4n) is 4.05. The van der Waals surface area contributed by atoms with Gasteiger partial charge in [0.05, 0.1) is 11.7 Å². The van der Waals surface area contributed by atoms with E-state index < -0.39 is 0 Å². The molecule has 0 amide bonds. The number of hydrogen-bond donors (Lipinski definition) is 1. The van der Waals surface area contributed by atoms with Gasteiger partial charge in [-0.2, -0.15) is 0 Å². The van der Waals surface area contributed by atoms with Gasteiger partial charge in [0.2, 0.25) is 0 Å². The molecule has 20 heavy (non-hydrogen) atoms. The zero-order chi connectivity index (χ0) is 14.8. The predicted octanol–water partition coefficient (Wildman–Crippen LogP) is 4.52. The van der Waals surface area contributed by atoms with Crippen LogP contribution in [0.25, 0.3) is 0 Å². The molecule has 0 bridgehead atoms. The Hall–Kier alpha value is -0.0800. The highest BCUT2D eigenvalue weighted by Gasteiger charge is 2.39. The minimum Gasteiger partial charge on any atom is -0.370 e. The molecule has 118 valence electrons. The van der Waals surface area contributed by atoms with E-state index in [0.29, 0.717) is 18.1 Å². The molecular weight excluding hydrogens is 246 g/mol. The fraction of sp³-hybridized carbons (Fsp3) is 1.00. The van der Waals surface area contributed by atoms with Crippen molar-refractivity contribution < 1.29 is 4.74 Å². The van der Waals surface area contributed by atoms with Crippen molar-refractivity contribution in [2.45, 2.75) is 90.8 Å². The third kappa shape index (κ3) is 3.98. The maximum Gasteiger partial charge on any atom is 0.0808 e. The van der Waals surface area contributed by atoms with Crippen molar-refractivity contribution in [3.05, 3.63) is 0 Å². The number of hydrogen-bond acceptors (Lipinski definition) is 2. The van der Waals surface area contributed by atoms with E-state index >= 15 is 0 Å². The summed E-state index contributed by atoms with van der Waals surface area (Å²) in [5.41, 5.74) is 6.62. The average Bonchev–Trinajstić information content (AvgIpc) is 2.42. The van der Waals surface area contributed by atoms with E-state index in [4.69, 9.17) is 10.5 Å². The molecule has 0 spiro atoms. The molecule has 0 atom stereocenters. The first kappa shape index (κ1) is 16.3. The summed E-state index contributed by atoms with van der Waals surface area (Å²) < 4.78 is 6.57. The topological polar surface area (TPSA) is 35.2 Å². The van der Waals surface area contributed by atoms with Gasteiger partial charge in [0.1, 0.15) is 0 Å². The van der Waals surface area contributed by atoms with Gasteiger partial charge < -0.3 is 10.5 Å². The van der Waals surface area contributed by atoms with Crippen LogP contribution in [0.5, 0.6) is 0 Å². The highest BCUT2D eigenvalue weighted by Crippen LogP contribution is 2.42. The summed E-state index contributed by atoms with van der Waals surface area (Å²) in [5.74, 6) is 1.69. The second-order valence-corrected chi connectivity index (χ2v) is 8.45. The lowest BCUT2D eigenvalue weighted by molar-refractivity contribution is -0.132. The summed E-state index contributed by atoms with van der Waals surface area (Å²) in [6.45, 7) is 10.2. The van der Waals surface area contributed by atoms with E-state index in [1.54, 1.807) is 0 Å². The van der Waals surface area contributed by atoms with Crippen LogP contribution in [-0.2, 0) is 4.74 Å². The van der Waals surface area contributed by atoms with E-state index in [1.807, 2.05) is 0 Å². The van der Waals surface area contributed by atoms with Crippen molar-refractivity contribution >= 4 is 0 Å². The molecular formula is C18H35NO. The van der Waals surface area contributed by atoms with Crippen molar-refractivity contribution in [1.29, 1.82) is 0 Å². The standard InChI is InChI=1S/C18H35NO/c1-14(2)15-5-11-18(13-19,12-6-15)20-16-7-9-17(3,4)10-8-16/h14-16H,5-13,19H2,1-4H3. The van der Waals surface area contributed by atoms with Crippen LogP contribution in [0.2, 0.25) is 0 Å². The molecule has 0 aliphatic heterocycles. The maximum absolute atomic E-state index is 6.57. The van der Waals surface area contributed by atoms with Crippen LogP contribution >= 0.6 is 0 Å². The van der Waals surface area contributed by atoms with E-state index in [1.165, 1.54) is 51.4 Å². The van der Waals surface area contributed by atoms with Gasteiger partial charge in [0, 0.05) is 6.54 Å². The summed E-state index contributed by atoms with van der Waals surface area (Å²) in [6.07, 6.45) is 10.4. The molecule has 2 N–H and O–H groups in total. The summed E-state index contributed by atoms with van der Waals surface area (Å²) in [5, 5.41) is 0. The van der Waals surface area contributed by atoms with Gasteiger partial charge in [0.25, 0.3) is 0 Å². The summed E-state index contributed by atoms with van der Waals surface area (Å²) in [4.78, 5) is 0. The van der Waals surface area contributed by atoms with Gasteiger partial charge >= 0.3 is 0 Å². The lowest BCUT2D eigenvalue weighted by Crippen LogP contribution is -2.47. The van der Waals surface area contributed by atoms with Crippen molar-refractivity contribution in [3.8, 4) is 0 Å². The average molecular weight is 281 g/mol. The molecule has 2 aliphatic rings. The Bertz CT molecular complexity index is 293. The Balaban J connectivity index is 1.87. The fourth-order valence-corrected chi connectivity index (χ4v) is 4.05. The van der Waals surface area contributed by atoms with Gasteiger partial charge in [-0.3, -0.25) is 0 Å². The van der Waals surface area contributed by atoms with E-state index in [2.05, 4.69) is 27.7 Å². The van der Waals surface area contributed by atoms with Crippen LogP contribution in [0.1, 0.15) is 79.1 Å². The maximum atomic E-state index is 6.57. The number of rotatable bonds is 4. The van der Waals surface area contributed by atoms with Gasteiger partial charge in [-0.25, -0.2) is 0 Å². The monoisotopic (exact) mass is 281 g/mol. The van der Waals surface area contributed by atoms with Crippen molar-refractivity contribution in [1.82, 2.24) is 0 Å². The molecule has 0 saturated heterocycles. The number of nitrogens with two attached hydrogens (primary N) is 1. The predicted molar refractivity (Wildman–Crippen MR) is 85.7 cm³/mol. The normalized spacial score (nSPS) is 35.4. The van der Waals surface area contributed by atoms with Gasteiger partial charge in [-0.05, 0) is 68.6 Å². The van der Waals surface area contributed by atoms with Crippen molar-refractivity contribution in [3.63, 3.8) is 0 Å². The molecule has 2 heteroatoms. The molecule has 2 nitrogen and oxygen atoms in total. The Morgan fingerprint density at radius 3 is 2.00 bits per heavy atom. The van der Waals surface area contributed by atoms with E-state index in [-0.39, 0.29) is 5.60 Å². The first-order valence-electron chi connectivity index (χ1n) is 8.74. The molecule has 0 aromatic heterocycles. The quantitative estimate of drug-likeness (QED) is 0.822. The van der Waals surface area contributed by atoms with E-state index in [9.17, 15) is 0 Å². The zero-order valence-corrected chi connectivity index (χ0v) is 14.1. The molecule has 0 radical (unpaired) electrons. The third-order valence-corrected chi connectivity index (χ3v) is 5.96. The highest BCUT2D eigenvalue weighted by molar-refractivity contribution is 4.91. The first-order valence-corrected chi connectivity index (χ1v) is 8.74. The molecule has 2 aliphatic carbocycles. The van der Waals surface area contributed by atoms with Crippen LogP contribution in [0.15, 0.2) is 0 Å². The second kappa shape index (κ2) is 6.36. The smallest absolute Gasteiger partial charge is 0.0808 e. The van der Waals surface area contributed by atoms with Crippen LogP contribution in [-0.4, -0.2) is 18.2 Å². The van der Waals surface area contributed by atoms with Crippen LogP contribution in [0.3, 0.4) is 0 Å². The minimum absolute atomic E-state index is 0.00244. The molecule has 0 heterocycles. The minimum atomic E-state index is -0.00244. The SMILES string of the molecule is CC(C)C1CCC(CN)(OC2CCC(C)(C)CC2)CC1. The van der Waals surface area contributed by atoms with E-state index in [0.717, 1.165) is 11.8 Å². The summed E-state index contributed by atoms with van der Waals surface area (Å²) in [6, 6.07) is 0. The lowest BCUT2D eigenvalue weighted by atomic mass is 9.73. The van der Waals surface area contributed by atoms with Crippen LogP contribution in [0, 0.1) is 17.3 Å². The third-order valence-electron chi connectivity index (χ3n) is 5.96. The molecule has 0 aromatic rings. The zero-order valence-electron chi connectivity index (χ0n) is 14.1. The molecule has 0 unspecified atom stereocenters. The van der Waals surface area contributed by atoms with Crippen molar-refractivity contribution in [2.75, 3.05) is 6.54 Å². The Labute approximate surface area is 125 Å². The van der Waals surface area contributed by atoms with Crippen molar-refractivity contribution in [2.24, 2.45) is 23.0 Å². The molecule has 2 rings (SSSR count). The molecule has 0 aromatic carbocycles. The Morgan fingerprint density at radius 1 is 1.00 bits per heavy atom. The highest BCUT2D eigenvalue weighted by atomic mass is 16.5. The first-order chi connectivity index (χ1) is 9.36. The number of ether oxygens (including phenoxy) is 1. The van der Waals surface area contributed by atoms with Gasteiger partial charge in [-0.1, -0.05) is 27.7 Å². The lowest BCUT2D eigenvalue weighted by Gasteiger charge is -2.45. The van der Waals surface area contributed by atoms with Crippen LogP contribution < -0.4 is 5.73 Å². The largest absolute Gasteiger partial charge is 0.370 e. The summed E-state index contributed by atoms with van der Waals surface area (Å²) >= 11 is 0. The van der Waals surface area contributed by atoms with Gasteiger partial charge in [-0.15, -0.1) is 0 Å². The molecule has 2 fully saturated rings. The van der Waals surface area contributed by atoms with Crippen LogP contribution in [0.4, 0.5) is 0 Å². The Kier molecular flexibility index (Phi) is 5.18. The van der Waals surface area contributed by atoms with Gasteiger partial charge in [0.15, 0.2) is 0 Å².